The average molecular weight is 597 g/mol. The van der Waals surface area contributed by atoms with E-state index in [1.807, 2.05) is 42.5 Å². The van der Waals surface area contributed by atoms with Gasteiger partial charge >= 0.3 is 10.2 Å². The zero-order valence-electron chi connectivity index (χ0n) is 23.4. The highest BCUT2D eigenvalue weighted by Gasteiger charge is 2.35. The lowest BCUT2D eigenvalue weighted by Crippen LogP contribution is -2.55. The normalized spacial score (nSPS) is 14.5. The molecule has 1 aliphatic carbocycles. The third kappa shape index (κ3) is 7.87. The SMILES string of the molecule is CN(C)S(=O)(=O)N(CC(=O)N(Cc1ccccc1Cl)[C@@H](Cc1ccccc1)C(=O)NC1CCCC1)c1ccccc1. The first-order valence-corrected chi connectivity index (χ1v) is 15.6. The second-order valence-corrected chi connectivity index (χ2v) is 12.9. The Hall–Kier alpha value is -3.40. The number of carbonyl (C=O) groups excluding carboxylic acids is 2. The number of hydrogen-bond acceptors (Lipinski definition) is 4. The van der Waals surface area contributed by atoms with Crippen molar-refractivity contribution in [2.45, 2.75) is 50.7 Å². The first kappa shape index (κ1) is 30.6. The summed E-state index contributed by atoms with van der Waals surface area (Å²) in [5.74, 6) is -0.774. The van der Waals surface area contributed by atoms with E-state index in [9.17, 15) is 18.0 Å². The van der Waals surface area contributed by atoms with Gasteiger partial charge in [0.2, 0.25) is 11.8 Å². The summed E-state index contributed by atoms with van der Waals surface area (Å²) < 4.78 is 29.0. The molecule has 1 aliphatic rings. The standard InChI is InChI=1S/C31H37ClN4O4S/c1-34(2)41(39,40)36(27-18-7-4-8-19-27)23-30(37)35(22-25-15-9-12-20-28(25)32)29(21-24-13-5-3-6-14-24)31(38)33-26-16-10-11-17-26/h3-9,12-15,18-20,26,29H,10-11,16-17,21-23H2,1-2H3,(H,33,38)/t29-/m0/s1. The molecule has 3 aromatic rings. The van der Waals surface area contributed by atoms with Crippen LogP contribution in [0.1, 0.15) is 36.8 Å². The van der Waals surface area contributed by atoms with Crippen LogP contribution in [0, 0.1) is 0 Å². The predicted octanol–water partition coefficient (Wildman–Crippen LogP) is 4.65. The molecule has 0 bridgehead atoms. The lowest BCUT2D eigenvalue weighted by Gasteiger charge is -2.35. The number of carbonyl (C=O) groups is 2. The van der Waals surface area contributed by atoms with Crippen molar-refractivity contribution in [3.8, 4) is 0 Å². The number of anilines is 1. The van der Waals surface area contributed by atoms with E-state index in [-0.39, 0.29) is 24.9 Å². The van der Waals surface area contributed by atoms with Crippen molar-refractivity contribution in [1.82, 2.24) is 14.5 Å². The van der Waals surface area contributed by atoms with E-state index in [1.165, 1.54) is 19.0 Å². The minimum Gasteiger partial charge on any atom is -0.352 e. The van der Waals surface area contributed by atoms with E-state index in [4.69, 9.17) is 11.6 Å². The van der Waals surface area contributed by atoms with Gasteiger partial charge in [-0.15, -0.1) is 0 Å². The van der Waals surface area contributed by atoms with Crippen LogP contribution in [0.2, 0.25) is 5.02 Å². The van der Waals surface area contributed by atoms with Crippen LogP contribution in [0.4, 0.5) is 5.69 Å². The summed E-state index contributed by atoms with van der Waals surface area (Å²) in [5.41, 5.74) is 1.90. The minimum atomic E-state index is -4.03. The summed E-state index contributed by atoms with van der Waals surface area (Å²) in [6, 6.07) is 24.3. The van der Waals surface area contributed by atoms with Gasteiger partial charge in [0.25, 0.3) is 0 Å². The molecular weight excluding hydrogens is 560 g/mol. The first-order valence-electron chi connectivity index (χ1n) is 13.8. The maximum atomic E-state index is 14.3. The van der Waals surface area contributed by atoms with Crippen molar-refractivity contribution in [1.29, 1.82) is 0 Å². The first-order chi connectivity index (χ1) is 19.7. The highest BCUT2D eigenvalue weighted by atomic mass is 35.5. The molecule has 0 spiro atoms. The Bertz CT molecular complexity index is 1410. The Morgan fingerprint density at radius 1 is 0.902 bits per heavy atom. The van der Waals surface area contributed by atoms with Crippen molar-refractivity contribution < 1.29 is 18.0 Å². The maximum Gasteiger partial charge on any atom is 0.304 e. The van der Waals surface area contributed by atoms with E-state index < -0.39 is 28.7 Å². The largest absolute Gasteiger partial charge is 0.352 e. The minimum absolute atomic E-state index is 0.0404. The van der Waals surface area contributed by atoms with E-state index in [2.05, 4.69) is 5.32 Å². The zero-order valence-corrected chi connectivity index (χ0v) is 25.0. The van der Waals surface area contributed by atoms with E-state index in [1.54, 1.807) is 42.5 Å². The monoisotopic (exact) mass is 596 g/mol. The number of benzene rings is 3. The summed E-state index contributed by atoms with van der Waals surface area (Å²) >= 11 is 6.52. The Balaban J connectivity index is 1.75. The Kier molecular flexibility index (Phi) is 10.4. The van der Waals surface area contributed by atoms with Gasteiger partial charge in [0, 0.05) is 38.1 Å². The molecule has 1 saturated carbocycles. The molecule has 10 heteroatoms. The van der Waals surface area contributed by atoms with Crippen molar-refractivity contribution >= 4 is 39.3 Å². The summed E-state index contributed by atoms with van der Waals surface area (Å²) in [6.45, 7) is -0.449. The average Bonchev–Trinajstić information content (AvgIpc) is 3.48. The molecule has 41 heavy (non-hydrogen) atoms. The Labute approximate surface area is 248 Å². The second kappa shape index (κ2) is 14.0. The van der Waals surface area contributed by atoms with Gasteiger partial charge in [0.05, 0.1) is 5.69 Å². The molecule has 3 aromatic carbocycles. The van der Waals surface area contributed by atoms with Crippen LogP contribution >= 0.6 is 11.6 Å². The van der Waals surface area contributed by atoms with Gasteiger partial charge in [-0.05, 0) is 42.2 Å². The van der Waals surface area contributed by atoms with Gasteiger partial charge in [-0.1, -0.05) is 91.2 Å². The zero-order chi connectivity index (χ0) is 29.4. The van der Waals surface area contributed by atoms with Crippen molar-refractivity contribution in [2.75, 3.05) is 24.9 Å². The molecular formula is C31H37ClN4O4S. The van der Waals surface area contributed by atoms with Crippen molar-refractivity contribution in [2.24, 2.45) is 0 Å². The number of halogens is 1. The van der Waals surface area contributed by atoms with Gasteiger partial charge in [-0.2, -0.15) is 12.7 Å². The third-order valence-corrected chi connectivity index (χ3v) is 9.52. The molecule has 218 valence electrons. The van der Waals surface area contributed by atoms with Crippen LogP contribution in [-0.4, -0.2) is 62.2 Å². The van der Waals surface area contributed by atoms with Gasteiger partial charge in [-0.25, -0.2) is 4.31 Å². The molecule has 1 N–H and O–H groups in total. The van der Waals surface area contributed by atoms with Gasteiger partial charge in [0.1, 0.15) is 12.6 Å². The van der Waals surface area contributed by atoms with Crippen LogP contribution in [-0.2, 0) is 32.8 Å². The predicted molar refractivity (Wildman–Crippen MR) is 163 cm³/mol. The smallest absolute Gasteiger partial charge is 0.304 e. The van der Waals surface area contributed by atoms with Crippen molar-refractivity contribution in [3.05, 3.63) is 101 Å². The number of para-hydroxylation sites is 1. The Morgan fingerprint density at radius 3 is 2.10 bits per heavy atom. The maximum absolute atomic E-state index is 14.3. The van der Waals surface area contributed by atoms with E-state index in [0.29, 0.717) is 16.3 Å². The molecule has 4 rings (SSSR count). The lowest BCUT2D eigenvalue weighted by atomic mass is 10.0. The molecule has 1 fully saturated rings. The van der Waals surface area contributed by atoms with Gasteiger partial charge < -0.3 is 10.2 Å². The summed E-state index contributed by atoms with van der Waals surface area (Å²) in [4.78, 5) is 29.6. The highest BCUT2D eigenvalue weighted by molar-refractivity contribution is 7.90. The molecule has 0 saturated heterocycles. The van der Waals surface area contributed by atoms with Crippen LogP contribution in [0.25, 0.3) is 0 Å². The number of hydrogen-bond donors (Lipinski definition) is 1. The van der Waals surface area contributed by atoms with Crippen LogP contribution in [0.5, 0.6) is 0 Å². The molecule has 0 heterocycles. The van der Waals surface area contributed by atoms with Gasteiger partial charge in [-0.3, -0.25) is 9.59 Å². The molecule has 0 radical (unpaired) electrons. The Morgan fingerprint density at radius 2 is 1.49 bits per heavy atom. The van der Waals surface area contributed by atoms with Crippen LogP contribution in [0.3, 0.4) is 0 Å². The quantitative estimate of drug-likeness (QED) is 0.330. The van der Waals surface area contributed by atoms with Crippen LogP contribution in [0.15, 0.2) is 84.9 Å². The summed E-state index contributed by atoms with van der Waals surface area (Å²) in [5, 5.41) is 3.62. The van der Waals surface area contributed by atoms with Crippen LogP contribution < -0.4 is 9.62 Å². The molecule has 8 nitrogen and oxygen atoms in total. The third-order valence-electron chi connectivity index (χ3n) is 7.33. The molecule has 0 unspecified atom stereocenters. The van der Waals surface area contributed by atoms with E-state index >= 15 is 0 Å². The molecule has 2 amide bonds. The fraction of sp³-hybridized carbons (Fsp3) is 0.355. The number of rotatable bonds is 12. The molecule has 0 aliphatic heterocycles. The van der Waals surface area contributed by atoms with E-state index in [0.717, 1.165) is 39.9 Å². The number of nitrogens with zero attached hydrogens (tertiary/aromatic N) is 3. The fourth-order valence-electron chi connectivity index (χ4n) is 5.04. The van der Waals surface area contributed by atoms with Gasteiger partial charge in [0.15, 0.2) is 0 Å². The topological polar surface area (TPSA) is 90.0 Å². The molecule has 1 atom stereocenters. The second-order valence-electron chi connectivity index (χ2n) is 10.4. The summed E-state index contributed by atoms with van der Waals surface area (Å²) in [6.07, 6.45) is 4.15. The highest BCUT2D eigenvalue weighted by Crippen LogP contribution is 2.24. The lowest BCUT2D eigenvalue weighted by molar-refractivity contribution is -0.140. The van der Waals surface area contributed by atoms with Crippen molar-refractivity contribution in [3.63, 3.8) is 0 Å². The fourth-order valence-corrected chi connectivity index (χ4v) is 6.29. The number of amides is 2. The summed E-state index contributed by atoms with van der Waals surface area (Å²) in [7, 11) is -1.19. The molecule has 0 aromatic heterocycles. The number of nitrogens with one attached hydrogen (secondary N) is 1.